The molecule has 0 saturated heterocycles. The fourth-order valence-electron chi connectivity index (χ4n) is 1.88. The molecule has 0 aromatic carbocycles. The molecule has 7 heteroatoms. The highest BCUT2D eigenvalue weighted by atomic mass is 32.2. The van der Waals surface area contributed by atoms with Crippen molar-refractivity contribution in [2.75, 3.05) is 6.54 Å². The van der Waals surface area contributed by atoms with E-state index < -0.39 is 15.6 Å². The monoisotopic (exact) mass is 303 g/mol. The van der Waals surface area contributed by atoms with Gasteiger partial charge in [-0.25, -0.2) is 18.1 Å². The Bertz CT molecular complexity index is 533. The van der Waals surface area contributed by atoms with Crippen molar-refractivity contribution in [2.24, 2.45) is 0 Å². The van der Waals surface area contributed by atoms with Crippen LogP contribution in [0.1, 0.15) is 45.9 Å². The van der Waals surface area contributed by atoms with E-state index in [0.717, 1.165) is 13.0 Å². The van der Waals surface area contributed by atoms with Crippen LogP contribution in [0.25, 0.3) is 0 Å². The van der Waals surface area contributed by atoms with Crippen molar-refractivity contribution in [1.29, 1.82) is 0 Å². The van der Waals surface area contributed by atoms with E-state index in [4.69, 9.17) is 0 Å². The molecule has 0 unspecified atom stereocenters. The number of rotatable bonds is 8. The van der Waals surface area contributed by atoms with Gasteiger partial charge in [0.1, 0.15) is 5.82 Å². The number of aromatic nitrogens is 2. The third-order valence-electron chi connectivity index (χ3n) is 3.60. The lowest BCUT2D eigenvalue weighted by molar-refractivity contribution is 0.0377. The summed E-state index contributed by atoms with van der Waals surface area (Å²) in [5.74, 6) is 0.675. The van der Waals surface area contributed by atoms with Crippen molar-refractivity contribution in [3.05, 3.63) is 12.0 Å². The molecule has 1 rings (SSSR count). The van der Waals surface area contributed by atoms with Gasteiger partial charge in [-0.2, -0.15) is 0 Å². The largest absolute Gasteiger partial charge is 0.389 e. The van der Waals surface area contributed by atoms with Gasteiger partial charge in [-0.15, -0.1) is 0 Å². The van der Waals surface area contributed by atoms with Gasteiger partial charge in [0.2, 0.25) is 0 Å². The summed E-state index contributed by atoms with van der Waals surface area (Å²) < 4.78 is 28.6. The van der Waals surface area contributed by atoms with E-state index in [9.17, 15) is 13.5 Å². The summed E-state index contributed by atoms with van der Waals surface area (Å²) >= 11 is 0. The summed E-state index contributed by atoms with van der Waals surface area (Å²) in [4.78, 5) is 4.08. The summed E-state index contributed by atoms with van der Waals surface area (Å²) in [6, 6.07) is 0. The Hall–Kier alpha value is -0.920. The van der Waals surface area contributed by atoms with Gasteiger partial charge in [-0.1, -0.05) is 20.8 Å². The topological polar surface area (TPSA) is 84.2 Å². The molecule has 20 heavy (non-hydrogen) atoms. The number of nitrogens with one attached hydrogen (secondary N) is 1. The van der Waals surface area contributed by atoms with Gasteiger partial charge in [0.05, 0.1) is 5.60 Å². The smallest absolute Gasteiger partial charge is 0.259 e. The number of aliphatic hydroxyl groups is 1. The summed E-state index contributed by atoms with van der Waals surface area (Å²) in [5.41, 5.74) is -1.01. The number of imidazole rings is 1. The Labute approximate surface area is 121 Å². The van der Waals surface area contributed by atoms with Gasteiger partial charge in [0.25, 0.3) is 10.0 Å². The third kappa shape index (κ3) is 4.04. The zero-order valence-corrected chi connectivity index (χ0v) is 13.5. The second-order valence-corrected chi connectivity index (χ2v) is 6.79. The van der Waals surface area contributed by atoms with Crippen LogP contribution in [0, 0.1) is 6.92 Å². The van der Waals surface area contributed by atoms with E-state index in [-0.39, 0.29) is 11.6 Å². The maximum atomic E-state index is 12.2. The molecule has 0 fully saturated rings. The van der Waals surface area contributed by atoms with Crippen molar-refractivity contribution in [3.8, 4) is 0 Å². The minimum absolute atomic E-state index is 0.00200. The first-order valence-electron chi connectivity index (χ1n) is 7.03. The van der Waals surface area contributed by atoms with Gasteiger partial charge in [0.15, 0.2) is 5.03 Å². The van der Waals surface area contributed by atoms with Gasteiger partial charge < -0.3 is 9.67 Å². The lowest BCUT2D eigenvalue weighted by Crippen LogP contribution is -2.42. The van der Waals surface area contributed by atoms with Crippen LogP contribution in [0.2, 0.25) is 0 Å². The Kier molecular flexibility index (Phi) is 5.73. The fraction of sp³-hybridized carbons (Fsp3) is 0.769. The summed E-state index contributed by atoms with van der Waals surface area (Å²) in [6.07, 6.45) is 3.44. The maximum Gasteiger partial charge on any atom is 0.259 e. The fourth-order valence-corrected chi connectivity index (χ4v) is 3.00. The molecule has 2 N–H and O–H groups in total. The van der Waals surface area contributed by atoms with Gasteiger partial charge >= 0.3 is 0 Å². The molecular weight excluding hydrogens is 278 g/mol. The van der Waals surface area contributed by atoms with Crippen LogP contribution < -0.4 is 4.72 Å². The first-order valence-corrected chi connectivity index (χ1v) is 8.52. The van der Waals surface area contributed by atoms with Crippen LogP contribution in [-0.2, 0) is 16.6 Å². The molecule has 1 heterocycles. The summed E-state index contributed by atoms with van der Waals surface area (Å²) in [5, 5.41) is 10.1. The third-order valence-corrected chi connectivity index (χ3v) is 4.87. The van der Waals surface area contributed by atoms with Crippen molar-refractivity contribution < 1.29 is 13.5 Å². The Morgan fingerprint density at radius 2 is 1.95 bits per heavy atom. The molecule has 0 amide bonds. The molecule has 0 aliphatic carbocycles. The van der Waals surface area contributed by atoms with Crippen LogP contribution in [0.3, 0.4) is 0 Å². The van der Waals surface area contributed by atoms with Crippen LogP contribution in [-0.4, -0.2) is 35.2 Å². The minimum atomic E-state index is -3.68. The van der Waals surface area contributed by atoms with Gasteiger partial charge in [-0.05, 0) is 26.2 Å². The minimum Gasteiger partial charge on any atom is -0.389 e. The van der Waals surface area contributed by atoms with Crippen molar-refractivity contribution >= 4 is 10.0 Å². The highest BCUT2D eigenvalue weighted by molar-refractivity contribution is 7.89. The molecule has 1 aromatic heterocycles. The number of nitrogens with zero attached hydrogens (tertiary/aromatic N) is 2. The van der Waals surface area contributed by atoms with Gasteiger partial charge in [0, 0.05) is 19.3 Å². The number of sulfonamides is 1. The predicted molar refractivity (Wildman–Crippen MR) is 78.0 cm³/mol. The van der Waals surface area contributed by atoms with Crippen LogP contribution in [0.5, 0.6) is 0 Å². The van der Waals surface area contributed by atoms with Crippen LogP contribution in [0.15, 0.2) is 11.2 Å². The van der Waals surface area contributed by atoms with E-state index in [0.29, 0.717) is 18.7 Å². The summed E-state index contributed by atoms with van der Waals surface area (Å²) in [7, 11) is -3.68. The lowest BCUT2D eigenvalue weighted by Gasteiger charge is -2.24. The van der Waals surface area contributed by atoms with E-state index in [1.807, 2.05) is 25.3 Å². The predicted octanol–water partition coefficient (Wildman–Crippen LogP) is 1.43. The van der Waals surface area contributed by atoms with Crippen molar-refractivity contribution in [1.82, 2.24) is 14.3 Å². The lowest BCUT2D eigenvalue weighted by atomic mass is 9.98. The average Bonchev–Trinajstić information content (AvgIpc) is 2.79. The first-order chi connectivity index (χ1) is 9.28. The molecule has 0 aliphatic rings. The molecule has 0 spiro atoms. The highest BCUT2D eigenvalue weighted by Crippen LogP contribution is 2.15. The molecule has 0 saturated carbocycles. The van der Waals surface area contributed by atoms with Crippen molar-refractivity contribution in [3.63, 3.8) is 0 Å². The molecule has 0 bridgehead atoms. The second-order valence-electron chi connectivity index (χ2n) is 5.08. The van der Waals surface area contributed by atoms with E-state index in [1.54, 1.807) is 6.92 Å². The quantitative estimate of drug-likeness (QED) is 0.761. The standard InChI is InChI=1S/C13H25N3O3S/c1-5-8-16-9-12(15-11(16)4)20(18,19)14-10-13(17,6-2)7-3/h9,14,17H,5-8,10H2,1-4H3. The number of hydrogen-bond donors (Lipinski definition) is 2. The first kappa shape index (κ1) is 17.1. The molecule has 116 valence electrons. The SMILES string of the molecule is CCCn1cc(S(=O)(=O)NCC(O)(CC)CC)nc1C. The van der Waals surface area contributed by atoms with Gasteiger partial charge in [-0.3, -0.25) is 0 Å². The maximum absolute atomic E-state index is 12.2. The highest BCUT2D eigenvalue weighted by Gasteiger charge is 2.26. The van der Waals surface area contributed by atoms with E-state index in [2.05, 4.69) is 9.71 Å². The zero-order chi connectivity index (χ0) is 15.4. The molecule has 1 aromatic rings. The second kappa shape index (κ2) is 6.69. The molecule has 0 radical (unpaired) electrons. The Morgan fingerprint density at radius 3 is 2.45 bits per heavy atom. The normalized spacial score (nSPS) is 12.8. The van der Waals surface area contributed by atoms with Crippen molar-refractivity contribution in [2.45, 2.75) is 64.1 Å². The molecular formula is C13H25N3O3S. The average molecular weight is 303 g/mol. The van der Waals surface area contributed by atoms with E-state index in [1.165, 1.54) is 6.20 Å². The Balaban J connectivity index is 2.86. The summed E-state index contributed by atoms with van der Waals surface area (Å²) in [6.45, 7) is 8.21. The number of hydrogen-bond acceptors (Lipinski definition) is 4. The Morgan fingerprint density at radius 1 is 1.35 bits per heavy atom. The molecule has 6 nitrogen and oxygen atoms in total. The molecule has 0 aliphatic heterocycles. The van der Waals surface area contributed by atoms with Crippen LogP contribution in [0.4, 0.5) is 0 Å². The van der Waals surface area contributed by atoms with Crippen LogP contribution >= 0.6 is 0 Å². The number of aryl methyl sites for hydroxylation is 2. The zero-order valence-electron chi connectivity index (χ0n) is 12.7. The van der Waals surface area contributed by atoms with E-state index >= 15 is 0 Å². The molecule has 0 atom stereocenters.